The van der Waals surface area contributed by atoms with Crippen molar-refractivity contribution in [3.05, 3.63) is 88.6 Å². The molecule has 4 rings (SSSR count). The molecular weight excluding hydrogens is 364 g/mol. The number of benzene rings is 1. The van der Waals surface area contributed by atoms with Gasteiger partial charge in [-0.3, -0.25) is 14.5 Å². The molecule has 3 heterocycles. The molecule has 0 atom stereocenters. The summed E-state index contributed by atoms with van der Waals surface area (Å²) in [6.45, 7) is 2.43. The molecule has 4 aromatic rings. The summed E-state index contributed by atoms with van der Waals surface area (Å²) in [5.74, 6) is 0.537. The largest absolute Gasteiger partial charge is 0.471 e. The third kappa shape index (κ3) is 4.11. The molecule has 0 bridgehead atoms. The number of aryl methyl sites for hydroxylation is 3. The molecule has 6 nitrogen and oxygen atoms in total. The summed E-state index contributed by atoms with van der Waals surface area (Å²) in [7, 11) is 3.58. The lowest BCUT2D eigenvalue weighted by atomic mass is 10.1. The molecule has 0 aliphatic rings. The first-order valence-electron chi connectivity index (χ1n) is 9.35. The molecule has 0 unspecified atom stereocenters. The van der Waals surface area contributed by atoms with Crippen molar-refractivity contribution in [1.29, 1.82) is 0 Å². The van der Waals surface area contributed by atoms with Crippen LogP contribution in [0.15, 0.2) is 71.9 Å². The average molecular weight is 386 g/mol. The van der Waals surface area contributed by atoms with Gasteiger partial charge in [0.2, 0.25) is 11.4 Å². The van der Waals surface area contributed by atoms with Gasteiger partial charge in [-0.05, 0) is 30.2 Å². The highest BCUT2D eigenvalue weighted by Gasteiger charge is 2.12. The average Bonchev–Trinajstić information content (AvgIpc) is 3.10. The molecule has 29 heavy (non-hydrogen) atoms. The van der Waals surface area contributed by atoms with Crippen molar-refractivity contribution < 1.29 is 4.74 Å². The first-order valence-corrected chi connectivity index (χ1v) is 9.35. The second-order valence-electron chi connectivity index (χ2n) is 7.09. The van der Waals surface area contributed by atoms with Gasteiger partial charge in [-0.15, -0.1) is 5.10 Å². The predicted octanol–water partition coefficient (Wildman–Crippen LogP) is 3.74. The molecule has 0 amide bonds. The van der Waals surface area contributed by atoms with Crippen LogP contribution < -0.4 is 10.3 Å². The van der Waals surface area contributed by atoms with Crippen molar-refractivity contribution in [2.75, 3.05) is 0 Å². The van der Waals surface area contributed by atoms with Crippen molar-refractivity contribution in [3.63, 3.8) is 0 Å². The van der Waals surface area contributed by atoms with E-state index in [2.05, 4.69) is 16.1 Å². The van der Waals surface area contributed by atoms with Gasteiger partial charge in [0.1, 0.15) is 6.61 Å². The molecular formula is C23H22N4O2. The number of hydrogen-bond acceptors (Lipinski definition) is 4. The summed E-state index contributed by atoms with van der Waals surface area (Å²) >= 11 is 0. The van der Waals surface area contributed by atoms with Crippen LogP contribution in [0.2, 0.25) is 0 Å². The lowest BCUT2D eigenvalue weighted by Gasteiger charge is -2.08. The Labute approximate surface area is 169 Å². The molecule has 3 aromatic heterocycles. The van der Waals surface area contributed by atoms with E-state index in [-0.39, 0.29) is 5.56 Å². The molecule has 1 aromatic carbocycles. The minimum Gasteiger partial charge on any atom is -0.471 e. The Hall–Kier alpha value is -3.67. The fourth-order valence-corrected chi connectivity index (χ4v) is 3.09. The zero-order valence-electron chi connectivity index (χ0n) is 16.7. The zero-order chi connectivity index (χ0) is 20.4. The number of rotatable bonds is 5. The standard InChI is InChI=1S/C23H22N4O2/c1-16-4-10-21(24-12-16)18-7-5-17(6-8-18)15-29-23-20(14-27(3)25-23)19-9-11-22(28)26(2)13-19/h4-14H,15H2,1-3H3. The molecule has 0 aliphatic heterocycles. The van der Waals surface area contributed by atoms with Crippen LogP contribution >= 0.6 is 0 Å². The van der Waals surface area contributed by atoms with Crippen LogP contribution in [0.3, 0.4) is 0 Å². The summed E-state index contributed by atoms with van der Waals surface area (Å²) in [6, 6.07) is 15.6. The molecule has 0 radical (unpaired) electrons. The molecule has 6 heteroatoms. The number of nitrogens with zero attached hydrogens (tertiary/aromatic N) is 4. The minimum absolute atomic E-state index is 0.0525. The molecule has 0 aliphatic carbocycles. The number of aromatic nitrogens is 4. The first-order chi connectivity index (χ1) is 14.0. The summed E-state index contributed by atoms with van der Waals surface area (Å²) in [5.41, 5.74) is 5.88. The van der Waals surface area contributed by atoms with E-state index < -0.39 is 0 Å². The summed E-state index contributed by atoms with van der Waals surface area (Å²) in [5, 5.41) is 4.42. The number of pyridine rings is 2. The smallest absolute Gasteiger partial charge is 0.250 e. The number of hydrogen-bond donors (Lipinski definition) is 0. The summed E-state index contributed by atoms with van der Waals surface area (Å²) in [6.07, 6.45) is 5.55. The Balaban J connectivity index is 1.51. The van der Waals surface area contributed by atoms with Crippen molar-refractivity contribution >= 4 is 0 Å². The van der Waals surface area contributed by atoms with Crippen LogP contribution in [0.4, 0.5) is 0 Å². The Morgan fingerprint density at radius 3 is 2.38 bits per heavy atom. The predicted molar refractivity (Wildman–Crippen MR) is 113 cm³/mol. The van der Waals surface area contributed by atoms with E-state index in [1.165, 1.54) is 0 Å². The third-order valence-corrected chi connectivity index (χ3v) is 4.73. The zero-order valence-corrected chi connectivity index (χ0v) is 16.7. The monoisotopic (exact) mass is 386 g/mol. The van der Waals surface area contributed by atoms with Gasteiger partial charge in [0.15, 0.2) is 0 Å². The fraction of sp³-hybridized carbons (Fsp3) is 0.174. The van der Waals surface area contributed by atoms with Gasteiger partial charge >= 0.3 is 0 Å². The Morgan fingerprint density at radius 1 is 0.931 bits per heavy atom. The van der Waals surface area contributed by atoms with Crippen molar-refractivity contribution in [2.45, 2.75) is 13.5 Å². The molecule has 0 fully saturated rings. The topological polar surface area (TPSA) is 61.9 Å². The highest BCUT2D eigenvalue weighted by molar-refractivity contribution is 5.67. The molecule has 146 valence electrons. The van der Waals surface area contributed by atoms with E-state index in [0.29, 0.717) is 12.5 Å². The SMILES string of the molecule is Cc1ccc(-c2ccc(COc3nn(C)cc3-c3ccc(=O)n(C)c3)cc2)nc1. The van der Waals surface area contributed by atoms with E-state index in [0.717, 1.165) is 33.5 Å². The van der Waals surface area contributed by atoms with Gasteiger partial charge < -0.3 is 9.30 Å². The van der Waals surface area contributed by atoms with Crippen LogP contribution in [0, 0.1) is 6.92 Å². The van der Waals surface area contributed by atoms with Crippen LogP contribution in [-0.4, -0.2) is 19.3 Å². The van der Waals surface area contributed by atoms with Gasteiger partial charge in [0.05, 0.1) is 11.3 Å². The normalized spacial score (nSPS) is 10.9. The maximum atomic E-state index is 11.7. The molecule has 0 N–H and O–H groups in total. The Morgan fingerprint density at radius 2 is 1.69 bits per heavy atom. The van der Waals surface area contributed by atoms with Crippen molar-refractivity contribution in [1.82, 2.24) is 19.3 Å². The van der Waals surface area contributed by atoms with E-state index in [1.807, 2.05) is 56.7 Å². The van der Waals surface area contributed by atoms with Crippen molar-refractivity contribution in [3.8, 4) is 28.3 Å². The van der Waals surface area contributed by atoms with Crippen LogP contribution in [0.25, 0.3) is 22.4 Å². The summed E-state index contributed by atoms with van der Waals surface area (Å²) in [4.78, 5) is 16.1. The third-order valence-electron chi connectivity index (χ3n) is 4.73. The lowest BCUT2D eigenvalue weighted by molar-refractivity contribution is 0.292. The highest BCUT2D eigenvalue weighted by atomic mass is 16.5. The lowest BCUT2D eigenvalue weighted by Crippen LogP contribution is -2.13. The maximum Gasteiger partial charge on any atom is 0.250 e. The van der Waals surface area contributed by atoms with Crippen molar-refractivity contribution in [2.24, 2.45) is 14.1 Å². The van der Waals surface area contributed by atoms with E-state index in [9.17, 15) is 4.79 Å². The summed E-state index contributed by atoms with van der Waals surface area (Å²) < 4.78 is 9.25. The van der Waals surface area contributed by atoms with Gasteiger partial charge in [-0.25, -0.2) is 0 Å². The second kappa shape index (κ2) is 7.75. The van der Waals surface area contributed by atoms with Crippen LogP contribution in [0.1, 0.15) is 11.1 Å². The van der Waals surface area contributed by atoms with Crippen LogP contribution in [-0.2, 0) is 20.7 Å². The van der Waals surface area contributed by atoms with Gasteiger partial charge in [-0.2, -0.15) is 0 Å². The second-order valence-corrected chi connectivity index (χ2v) is 7.09. The molecule has 0 saturated carbocycles. The van der Waals surface area contributed by atoms with Gasteiger partial charge in [0, 0.05) is 49.9 Å². The molecule has 0 saturated heterocycles. The van der Waals surface area contributed by atoms with E-state index >= 15 is 0 Å². The maximum absolute atomic E-state index is 11.7. The highest BCUT2D eigenvalue weighted by Crippen LogP contribution is 2.28. The Bertz CT molecular complexity index is 1190. The van der Waals surface area contributed by atoms with Crippen LogP contribution in [0.5, 0.6) is 5.88 Å². The number of ether oxygens (including phenoxy) is 1. The van der Waals surface area contributed by atoms with E-state index in [1.54, 1.807) is 34.6 Å². The van der Waals surface area contributed by atoms with Gasteiger partial charge in [0.25, 0.3) is 0 Å². The molecule has 0 spiro atoms. The Kier molecular flexibility index (Phi) is 4.99. The minimum atomic E-state index is -0.0525. The first kappa shape index (κ1) is 18.7. The van der Waals surface area contributed by atoms with Gasteiger partial charge in [-0.1, -0.05) is 30.3 Å². The van der Waals surface area contributed by atoms with E-state index in [4.69, 9.17) is 4.74 Å². The quantitative estimate of drug-likeness (QED) is 0.524. The fourth-order valence-electron chi connectivity index (χ4n) is 3.09.